The second-order valence-electron chi connectivity index (χ2n) is 8.12. The number of hydrogen-bond donors (Lipinski definition) is 0. The highest BCUT2D eigenvalue weighted by molar-refractivity contribution is 5.54. The van der Waals surface area contributed by atoms with Gasteiger partial charge < -0.3 is 4.74 Å². The van der Waals surface area contributed by atoms with Gasteiger partial charge in [-0.15, -0.1) is 0 Å². The zero-order valence-electron chi connectivity index (χ0n) is 20.7. The molecule has 0 amide bonds. The summed E-state index contributed by atoms with van der Waals surface area (Å²) in [5.74, 6) is -5.09. The van der Waals surface area contributed by atoms with Gasteiger partial charge in [0.1, 0.15) is 0 Å². The van der Waals surface area contributed by atoms with Crippen LogP contribution >= 0.6 is 0 Å². The molecule has 0 aromatic heterocycles. The molecule has 0 fully saturated rings. The Labute approximate surface area is 202 Å². The first-order valence-corrected chi connectivity index (χ1v) is 10.9. The average molecular weight is 477 g/mol. The normalized spacial score (nSPS) is 14.1. The third-order valence-electron chi connectivity index (χ3n) is 4.89. The Morgan fingerprint density at radius 3 is 1.68 bits per heavy atom. The molecule has 0 aromatic carbocycles. The van der Waals surface area contributed by atoms with Gasteiger partial charge in [0, 0.05) is 17.1 Å². The van der Waals surface area contributed by atoms with Crippen molar-refractivity contribution in [2.24, 2.45) is 5.92 Å². The largest absolute Gasteiger partial charge is 0.378 e. The molecule has 1 nitrogen and oxygen atoms in total. The molecule has 0 N–H and O–H groups in total. The van der Waals surface area contributed by atoms with Gasteiger partial charge in [0.2, 0.25) is 0 Å². The van der Waals surface area contributed by atoms with Crippen molar-refractivity contribution in [3.8, 4) is 0 Å². The van der Waals surface area contributed by atoms with Gasteiger partial charge >= 0.3 is 0 Å². The van der Waals surface area contributed by atoms with E-state index in [-0.39, 0.29) is 52.6 Å². The fourth-order valence-corrected chi connectivity index (χ4v) is 2.43. The summed E-state index contributed by atoms with van der Waals surface area (Å²) in [7, 11) is 0. The lowest BCUT2D eigenvalue weighted by Crippen LogP contribution is -2.13. The van der Waals surface area contributed by atoms with Crippen LogP contribution in [0.2, 0.25) is 0 Å². The highest BCUT2D eigenvalue weighted by Gasteiger charge is 2.19. The van der Waals surface area contributed by atoms with Crippen LogP contribution < -0.4 is 0 Å². The van der Waals surface area contributed by atoms with E-state index in [9.17, 15) is 17.6 Å². The van der Waals surface area contributed by atoms with Gasteiger partial charge in [0.15, 0.2) is 23.3 Å². The Balaban J connectivity index is 5.34. The van der Waals surface area contributed by atoms with E-state index < -0.39 is 29.2 Å². The van der Waals surface area contributed by atoms with E-state index in [1.807, 2.05) is 26.8 Å². The summed E-state index contributed by atoms with van der Waals surface area (Å²) in [6.45, 7) is 28.8. The molecule has 0 aliphatic carbocycles. The Hall–Kier alpha value is -2.92. The van der Waals surface area contributed by atoms with E-state index in [1.54, 1.807) is 13.0 Å². The number of halogens is 4. The minimum Gasteiger partial charge on any atom is -0.378 e. The van der Waals surface area contributed by atoms with Crippen molar-refractivity contribution in [3.63, 3.8) is 0 Å². The molecular weight excluding hydrogens is 440 g/mol. The van der Waals surface area contributed by atoms with Crippen LogP contribution in [0.4, 0.5) is 17.6 Å². The van der Waals surface area contributed by atoms with Gasteiger partial charge in [-0.2, -0.15) is 0 Å². The summed E-state index contributed by atoms with van der Waals surface area (Å²) in [4.78, 5) is 0. The van der Waals surface area contributed by atoms with Crippen molar-refractivity contribution in [1.82, 2.24) is 0 Å². The van der Waals surface area contributed by atoms with Crippen LogP contribution in [0.5, 0.6) is 0 Å². The quantitative estimate of drug-likeness (QED) is 0.130. The number of hydrogen-bond acceptors (Lipinski definition) is 1. The van der Waals surface area contributed by atoms with Crippen LogP contribution in [0.1, 0.15) is 40.5 Å². The van der Waals surface area contributed by atoms with Crippen molar-refractivity contribution in [1.29, 1.82) is 0 Å². The van der Waals surface area contributed by atoms with Crippen LogP contribution in [-0.4, -0.2) is 12.7 Å². The molecule has 0 spiro atoms. The molecule has 0 aliphatic heterocycles. The molecular formula is C29H36F4O. The standard InChI is InChI=1S/C29H36F4O/c1-11-12-13-14-21(6)26(30)27(31)23(8)19(4)15-16-20(5)24(9)28(32)29(33)25(10)22(7)17-34-18(2)3/h11-12,15-16,18,22H,4-6,8-10,13-14,17H2,1-3,7H3/b12-11+,16-15-,27-26-,29-28-. The maximum Gasteiger partial charge on any atom is 0.166 e. The van der Waals surface area contributed by atoms with Crippen LogP contribution in [0.3, 0.4) is 0 Å². The number of allylic oxidation sites excluding steroid dienone is 13. The molecule has 0 aliphatic rings. The van der Waals surface area contributed by atoms with Crippen molar-refractivity contribution >= 4 is 0 Å². The molecule has 0 radical (unpaired) electrons. The van der Waals surface area contributed by atoms with Crippen molar-refractivity contribution in [2.75, 3.05) is 6.61 Å². The summed E-state index contributed by atoms with van der Waals surface area (Å²) < 4.78 is 63.3. The SMILES string of the molecule is C=C(/C=C\C(=C)C(=C)/C(F)=C(/F)C(=C)C(C)COC(C)C)C(=C)/C(F)=C(/F)C(=C)CC/C=C/C. The van der Waals surface area contributed by atoms with E-state index in [1.165, 1.54) is 12.2 Å². The monoisotopic (exact) mass is 476 g/mol. The molecule has 0 saturated heterocycles. The van der Waals surface area contributed by atoms with E-state index in [2.05, 4.69) is 39.5 Å². The van der Waals surface area contributed by atoms with E-state index in [0.717, 1.165) is 0 Å². The molecule has 0 bridgehead atoms. The fourth-order valence-electron chi connectivity index (χ4n) is 2.43. The van der Waals surface area contributed by atoms with Gasteiger partial charge in [-0.05, 0) is 55.9 Å². The lowest BCUT2D eigenvalue weighted by Gasteiger charge is -2.16. The van der Waals surface area contributed by atoms with Gasteiger partial charge in [0.05, 0.1) is 12.7 Å². The fraction of sp³-hybridized carbons (Fsp3) is 0.310. The second-order valence-corrected chi connectivity index (χ2v) is 8.12. The van der Waals surface area contributed by atoms with Crippen molar-refractivity contribution < 1.29 is 22.3 Å². The molecule has 0 aromatic rings. The molecule has 0 heterocycles. The van der Waals surface area contributed by atoms with Gasteiger partial charge in [-0.25, -0.2) is 17.6 Å². The van der Waals surface area contributed by atoms with Gasteiger partial charge in [-0.3, -0.25) is 0 Å². The summed E-state index contributed by atoms with van der Waals surface area (Å²) in [5.41, 5.74) is -0.634. The van der Waals surface area contributed by atoms with Crippen LogP contribution in [0.15, 0.2) is 121 Å². The third-order valence-corrected chi connectivity index (χ3v) is 4.89. The maximum atomic E-state index is 14.6. The minimum atomic E-state index is -1.21. The lowest BCUT2D eigenvalue weighted by atomic mass is 9.98. The lowest BCUT2D eigenvalue weighted by molar-refractivity contribution is 0.0625. The minimum absolute atomic E-state index is 0.00209. The zero-order valence-corrected chi connectivity index (χ0v) is 20.7. The highest BCUT2D eigenvalue weighted by Crippen LogP contribution is 2.31. The summed E-state index contributed by atoms with van der Waals surface area (Å²) in [6.07, 6.45) is 6.88. The second kappa shape index (κ2) is 15.1. The molecule has 0 saturated carbocycles. The predicted molar refractivity (Wildman–Crippen MR) is 137 cm³/mol. The van der Waals surface area contributed by atoms with Gasteiger partial charge in [-0.1, -0.05) is 70.7 Å². The Morgan fingerprint density at radius 2 is 1.24 bits per heavy atom. The Kier molecular flexibility index (Phi) is 13.8. The van der Waals surface area contributed by atoms with E-state index in [0.29, 0.717) is 6.42 Å². The summed E-state index contributed by atoms with van der Waals surface area (Å²) >= 11 is 0. The number of rotatable bonds is 15. The molecule has 186 valence electrons. The zero-order chi connectivity index (χ0) is 26.6. The smallest absolute Gasteiger partial charge is 0.166 e. The topological polar surface area (TPSA) is 9.23 Å². The average Bonchev–Trinajstić information content (AvgIpc) is 2.81. The van der Waals surface area contributed by atoms with Crippen molar-refractivity contribution in [2.45, 2.75) is 46.6 Å². The van der Waals surface area contributed by atoms with Crippen molar-refractivity contribution in [3.05, 3.63) is 121 Å². The highest BCUT2D eigenvalue weighted by atomic mass is 19.2. The Morgan fingerprint density at radius 1 is 0.765 bits per heavy atom. The first kappa shape index (κ1) is 31.1. The molecule has 5 heteroatoms. The predicted octanol–water partition coefficient (Wildman–Crippen LogP) is 9.60. The first-order chi connectivity index (χ1) is 15.8. The first-order valence-electron chi connectivity index (χ1n) is 10.9. The third kappa shape index (κ3) is 9.92. The van der Waals surface area contributed by atoms with Crippen LogP contribution in [0, 0.1) is 5.92 Å². The van der Waals surface area contributed by atoms with Crippen LogP contribution in [-0.2, 0) is 4.74 Å². The molecule has 1 unspecified atom stereocenters. The maximum absolute atomic E-state index is 14.6. The number of ether oxygens (including phenoxy) is 1. The molecule has 1 atom stereocenters. The summed E-state index contributed by atoms with van der Waals surface area (Å²) in [5, 5.41) is 0. The molecule has 0 rings (SSSR count). The van der Waals surface area contributed by atoms with E-state index >= 15 is 0 Å². The van der Waals surface area contributed by atoms with Gasteiger partial charge in [0.25, 0.3) is 0 Å². The molecule has 34 heavy (non-hydrogen) atoms. The summed E-state index contributed by atoms with van der Waals surface area (Å²) in [6, 6.07) is 0. The van der Waals surface area contributed by atoms with E-state index in [4.69, 9.17) is 4.74 Å². The van der Waals surface area contributed by atoms with Crippen LogP contribution in [0.25, 0.3) is 0 Å². The Bertz CT molecular complexity index is 955.